The molecule has 0 saturated heterocycles. The van der Waals surface area contributed by atoms with Crippen LogP contribution >= 0.6 is 11.6 Å². The molecule has 0 saturated carbocycles. The number of benzene rings is 2. The number of hydrogen-bond acceptors (Lipinski definition) is 6. The SMILES string of the molecule is COC(=O)c1ccc(Cn2nc(C)c(-c3ccc(C#N)c(Cl)c3)c2C)cc1C(=O)OC. The van der Waals surface area contributed by atoms with Gasteiger partial charge in [0.25, 0.3) is 0 Å². The molecule has 8 heteroatoms. The Morgan fingerprint density at radius 2 is 1.74 bits per heavy atom. The highest BCUT2D eigenvalue weighted by Crippen LogP contribution is 2.31. The van der Waals surface area contributed by atoms with E-state index in [1.165, 1.54) is 14.2 Å². The molecule has 0 fully saturated rings. The Labute approximate surface area is 184 Å². The molecule has 0 N–H and O–H groups in total. The number of halogens is 1. The lowest BCUT2D eigenvalue weighted by Crippen LogP contribution is -2.13. The molecule has 3 aromatic rings. The standard InChI is InChI=1S/C23H20ClN3O4/c1-13-21(16-6-7-17(11-25)20(24)10-16)14(2)27(26-13)12-15-5-8-18(22(28)30-3)19(9-15)23(29)31-4/h5-10H,12H2,1-4H3. The molecule has 1 aromatic heterocycles. The van der Waals surface area contributed by atoms with E-state index in [2.05, 4.69) is 11.2 Å². The zero-order chi connectivity index (χ0) is 22.7. The molecule has 0 aliphatic rings. The fourth-order valence-electron chi connectivity index (χ4n) is 3.46. The summed E-state index contributed by atoms with van der Waals surface area (Å²) in [7, 11) is 2.51. The van der Waals surface area contributed by atoms with E-state index >= 15 is 0 Å². The van der Waals surface area contributed by atoms with Crippen molar-refractivity contribution in [3.05, 3.63) is 75.1 Å². The minimum atomic E-state index is -0.622. The Hall–Kier alpha value is -3.63. The van der Waals surface area contributed by atoms with Gasteiger partial charge in [-0.3, -0.25) is 4.68 Å². The average molecular weight is 438 g/mol. The van der Waals surface area contributed by atoms with E-state index in [1.54, 1.807) is 30.3 Å². The molecule has 0 amide bonds. The summed E-state index contributed by atoms with van der Waals surface area (Å²) in [5.41, 5.74) is 4.93. The lowest BCUT2D eigenvalue weighted by Gasteiger charge is -2.10. The molecule has 3 rings (SSSR count). The largest absolute Gasteiger partial charge is 0.465 e. The van der Waals surface area contributed by atoms with Crippen LogP contribution in [0.4, 0.5) is 0 Å². The van der Waals surface area contributed by atoms with Crippen LogP contribution in [0.25, 0.3) is 11.1 Å². The monoisotopic (exact) mass is 437 g/mol. The molecule has 2 aromatic carbocycles. The lowest BCUT2D eigenvalue weighted by molar-refractivity contribution is 0.0555. The summed E-state index contributed by atoms with van der Waals surface area (Å²) in [5.74, 6) is -1.23. The van der Waals surface area contributed by atoms with E-state index in [0.29, 0.717) is 17.1 Å². The highest BCUT2D eigenvalue weighted by atomic mass is 35.5. The van der Waals surface area contributed by atoms with Crippen LogP contribution in [0.5, 0.6) is 0 Å². The summed E-state index contributed by atoms with van der Waals surface area (Å²) < 4.78 is 11.4. The summed E-state index contributed by atoms with van der Waals surface area (Å²) in [6.07, 6.45) is 0. The normalized spacial score (nSPS) is 10.5. The van der Waals surface area contributed by atoms with Gasteiger partial charge in [0.15, 0.2) is 0 Å². The third-order valence-corrected chi connectivity index (χ3v) is 5.30. The third kappa shape index (κ3) is 4.30. The molecule has 158 valence electrons. The first-order valence-electron chi connectivity index (χ1n) is 9.34. The number of rotatable bonds is 5. The number of carbonyl (C=O) groups is 2. The second-order valence-corrected chi connectivity index (χ2v) is 7.28. The molecule has 0 spiro atoms. The van der Waals surface area contributed by atoms with Crippen LogP contribution in [0, 0.1) is 25.2 Å². The van der Waals surface area contributed by atoms with Gasteiger partial charge in [-0.05, 0) is 49.2 Å². The number of aromatic nitrogens is 2. The Balaban J connectivity index is 2.00. The Morgan fingerprint density at radius 1 is 1.06 bits per heavy atom. The van der Waals surface area contributed by atoms with E-state index in [9.17, 15) is 9.59 Å². The van der Waals surface area contributed by atoms with Gasteiger partial charge in [0, 0.05) is 11.3 Å². The van der Waals surface area contributed by atoms with Crippen LogP contribution in [0.1, 0.15) is 43.2 Å². The number of carbonyl (C=O) groups excluding carboxylic acids is 2. The van der Waals surface area contributed by atoms with Crippen molar-refractivity contribution >= 4 is 23.5 Å². The molecule has 0 atom stereocenters. The van der Waals surface area contributed by atoms with Crippen molar-refractivity contribution in [3.8, 4) is 17.2 Å². The predicted molar refractivity (Wildman–Crippen MR) is 115 cm³/mol. The van der Waals surface area contributed by atoms with Crippen molar-refractivity contribution < 1.29 is 19.1 Å². The fourth-order valence-corrected chi connectivity index (χ4v) is 3.68. The van der Waals surface area contributed by atoms with Gasteiger partial charge in [-0.15, -0.1) is 0 Å². The zero-order valence-corrected chi connectivity index (χ0v) is 18.3. The minimum absolute atomic E-state index is 0.132. The van der Waals surface area contributed by atoms with Crippen LogP contribution < -0.4 is 0 Å². The summed E-state index contributed by atoms with van der Waals surface area (Å²) in [5, 5.41) is 14.1. The number of nitriles is 1. The maximum Gasteiger partial charge on any atom is 0.338 e. The van der Waals surface area contributed by atoms with Crippen LogP contribution in [0.3, 0.4) is 0 Å². The minimum Gasteiger partial charge on any atom is -0.465 e. The van der Waals surface area contributed by atoms with Crippen molar-refractivity contribution in [3.63, 3.8) is 0 Å². The van der Waals surface area contributed by atoms with Crippen LogP contribution in [-0.4, -0.2) is 35.9 Å². The van der Waals surface area contributed by atoms with Gasteiger partial charge in [0.2, 0.25) is 0 Å². The predicted octanol–water partition coefficient (Wildman–Crippen LogP) is 4.31. The van der Waals surface area contributed by atoms with E-state index < -0.39 is 11.9 Å². The molecule has 7 nitrogen and oxygen atoms in total. The van der Waals surface area contributed by atoms with Gasteiger partial charge in [-0.2, -0.15) is 10.4 Å². The molecule has 0 bridgehead atoms. The maximum atomic E-state index is 12.2. The first-order valence-corrected chi connectivity index (χ1v) is 9.72. The Bertz CT molecular complexity index is 1220. The second kappa shape index (κ2) is 9.02. The number of hydrogen-bond donors (Lipinski definition) is 0. The number of methoxy groups -OCH3 is 2. The topological polar surface area (TPSA) is 94.2 Å². The van der Waals surface area contributed by atoms with Gasteiger partial charge >= 0.3 is 11.9 Å². The van der Waals surface area contributed by atoms with Gasteiger partial charge in [0.1, 0.15) is 6.07 Å². The van der Waals surface area contributed by atoms with Gasteiger partial charge < -0.3 is 9.47 Å². The van der Waals surface area contributed by atoms with E-state index in [0.717, 1.165) is 28.1 Å². The summed E-state index contributed by atoms with van der Waals surface area (Å²) in [4.78, 5) is 24.1. The van der Waals surface area contributed by atoms with Gasteiger partial charge in [-0.25, -0.2) is 9.59 Å². The summed E-state index contributed by atoms with van der Waals surface area (Å²) in [6, 6.07) is 12.2. The van der Waals surface area contributed by atoms with Crippen LogP contribution in [-0.2, 0) is 16.0 Å². The van der Waals surface area contributed by atoms with Crippen LogP contribution in [0.2, 0.25) is 5.02 Å². The smallest absolute Gasteiger partial charge is 0.338 e. The Morgan fingerprint density at radius 3 is 2.35 bits per heavy atom. The molecule has 0 aliphatic heterocycles. The first-order chi connectivity index (χ1) is 14.8. The zero-order valence-electron chi connectivity index (χ0n) is 17.5. The van der Waals surface area contributed by atoms with E-state index in [1.807, 2.05) is 24.6 Å². The average Bonchev–Trinajstić information content (AvgIpc) is 3.05. The van der Waals surface area contributed by atoms with Gasteiger partial charge in [0.05, 0.1) is 48.2 Å². The number of aryl methyl sites for hydroxylation is 1. The molecular formula is C23H20ClN3O4. The van der Waals surface area contributed by atoms with E-state index in [-0.39, 0.29) is 11.1 Å². The highest BCUT2D eigenvalue weighted by molar-refractivity contribution is 6.32. The molecular weight excluding hydrogens is 418 g/mol. The maximum absolute atomic E-state index is 12.2. The molecule has 31 heavy (non-hydrogen) atoms. The van der Waals surface area contributed by atoms with Crippen molar-refractivity contribution in [2.24, 2.45) is 0 Å². The Kier molecular flexibility index (Phi) is 6.42. The first kappa shape index (κ1) is 22.1. The van der Waals surface area contributed by atoms with Crippen molar-refractivity contribution in [1.82, 2.24) is 9.78 Å². The molecule has 0 unspecified atom stereocenters. The number of ether oxygens (including phenoxy) is 2. The molecule has 1 heterocycles. The second-order valence-electron chi connectivity index (χ2n) is 6.87. The van der Waals surface area contributed by atoms with Gasteiger partial charge in [-0.1, -0.05) is 23.7 Å². The number of nitrogens with zero attached hydrogens (tertiary/aromatic N) is 3. The molecule has 0 aliphatic carbocycles. The third-order valence-electron chi connectivity index (χ3n) is 4.99. The van der Waals surface area contributed by atoms with Crippen molar-refractivity contribution in [2.75, 3.05) is 14.2 Å². The molecule has 0 radical (unpaired) electrons. The summed E-state index contributed by atoms with van der Waals surface area (Å²) in [6.45, 7) is 4.21. The fraction of sp³-hybridized carbons (Fsp3) is 0.217. The number of esters is 2. The quantitative estimate of drug-likeness (QED) is 0.552. The highest BCUT2D eigenvalue weighted by Gasteiger charge is 2.20. The summed E-state index contributed by atoms with van der Waals surface area (Å²) >= 11 is 6.20. The van der Waals surface area contributed by atoms with Crippen molar-refractivity contribution in [1.29, 1.82) is 5.26 Å². The van der Waals surface area contributed by atoms with Crippen molar-refractivity contribution in [2.45, 2.75) is 20.4 Å². The van der Waals surface area contributed by atoms with Crippen LogP contribution in [0.15, 0.2) is 36.4 Å². The van der Waals surface area contributed by atoms with E-state index in [4.69, 9.17) is 26.3 Å². The lowest BCUT2D eigenvalue weighted by atomic mass is 10.0.